The summed E-state index contributed by atoms with van der Waals surface area (Å²) in [6.45, 7) is 4.83. The lowest BCUT2D eigenvalue weighted by Gasteiger charge is -2.20. The molecule has 11 heavy (non-hydrogen) atoms. The quantitative estimate of drug-likeness (QED) is 0.528. The lowest BCUT2D eigenvalue weighted by atomic mass is 10.1. The van der Waals surface area contributed by atoms with Gasteiger partial charge >= 0.3 is 11.9 Å². The minimum Gasteiger partial charge on any atom is -0.406 e. The molecule has 1 saturated heterocycles. The summed E-state index contributed by atoms with van der Waals surface area (Å²) in [5.41, 5.74) is -0.898. The third-order valence-electron chi connectivity index (χ3n) is 1.58. The van der Waals surface area contributed by atoms with Crippen molar-refractivity contribution >= 4 is 5.97 Å². The summed E-state index contributed by atoms with van der Waals surface area (Å²) >= 11 is 0. The van der Waals surface area contributed by atoms with E-state index in [4.69, 9.17) is 14.2 Å². The first-order valence-corrected chi connectivity index (χ1v) is 3.38. The lowest BCUT2D eigenvalue weighted by Crippen LogP contribution is -2.32. The van der Waals surface area contributed by atoms with E-state index in [0.29, 0.717) is 0 Å². The van der Waals surface area contributed by atoms with Gasteiger partial charge in [-0.05, 0) is 13.8 Å². The van der Waals surface area contributed by atoms with Crippen LogP contribution in [0.4, 0.5) is 0 Å². The number of hydrogen-bond acceptors (Lipinski definition) is 4. The van der Waals surface area contributed by atoms with Crippen molar-refractivity contribution in [2.45, 2.75) is 32.3 Å². The molecule has 0 aliphatic carbocycles. The van der Waals surface area contributed by atoms with Crippen LogP contribution in [0.3, 0.4) is 0 Å². The molecule has 1 aliphatic heterocycles. The Bertz CT molecular complexity index is 187. The van der Waals surface area contributed by atoms with Crippen LogP contribution in [0.25, 0.3) is 0 Å². The van der Waals surface area contributed by atoms with Crippen molar-refractivity contribution < 1.29 is 19.0 Å². The van der Waals surface area contributed by atoms with Gasteiger partial charge in [0.2, 0.25) is 0 Å². The molecule has 0 saturated carbocycles. The monoisotopic (exact) mass is 160 g/mol. The molecule has 1 fully saturated rings. The van der Waals surface area contributed by atoms with Crippen molar-refractivity contribution in [3.05, 3.63) is 0 Å². The highest BCUT2D eigenvalue weighted by molar-refractivity contribution is 5.80. The number of cyclic esters (lactones) is 1. The molecular weight excluding hydrogens is 148 g/mol. The normalized spacial score (nSPS) is 35.5. The Kier molecular flexibility index (Phi) is 1.69. The van der Waals surface area contributed by atoms with E-state index < -0.39 is 17.5 Å². The summed E-state index contributed by atoms with van der Waals surface area (Å²) < 4.78 is 14.9. The van der Waals surface area contributed by atoms with E-state index in [1.54, 1.807) is 20.8 Å². The molecule has 0 amide bonds. The Balaban J connectivity index is 2.79. The zero-order chi connectivity index (χ0) is 8.70. The minimum atomic E-state index is -1.21. The van der Waals surface area contributed by atoms with Gasteiger partial charge in [0, 0.05) is 14.0 Å². The third-order valence-corrected chi connectivity index (χ3v) is 1.58. The summed E-state index contributed by atoms with van der Waals surface area (Å²) in [5.74, 6) is -1.61. The summed E-state index contributed by atoms with van der Waals surface area (Å²) in [5, 5.41) is 0. The standard InChI is InChI=1S/C7H12O4/c1-6(2)5(8)10-7(3,9-4)11-6/h1-4H3/t7-/m1/s1. The number of carbonyl (C=O) groups is 1. The van der Waals surface area contributed by atoms with Crippen molar-refractivity contribution in [1.29, 1.82) is 0 Å². The van der Waals surface area contributed by atoms with Gasteiger partial charge < -0.3 is 9.47 Å². The van der Waals surface area contributed by atoms with E-state index in [1.165, 1.54) is 7.11 Å². The maximum Gasteiger partial charge on any atom is 0.342 e. The topological polar surface area (TPSA) is 44.8 Å². The molecule has 4 nitrogen and oxygen atoms in total. The predicted octanol–water partition coefficient (Wildman–Crippen LogP) is 0.658. The molecule has 0 radical (unpaired) electrons. The number of hydrogen-bond donors (Lipinski definition) is 0. The molecule has 0 bridgehead atoms. The molecule has 0 aromatic heterocycles. The number of rotatable bonds is 1. The smallest absolute Gasteiger partial charge is 0.342 e. The van der Waals surface area contributed by atoms with E-state index in [2.05, 4.69) is 0 Å². The number of ether oxygens (including phenoxy) is 3. The van der Waals surface area contributed by atoms with Gasteiger partial charge in [-0.3, -0.25) is 4.74 Å². The maximum atomic E-state index is 11.0. The van der Waals surface area contributed by atoms with Gasteiger partial charge in [0.25, 0.3) is 0 Å². The Labute approximate surface area is 65.4 Å². The third kappa shape index (κ3) is 1.36. The van der Waals surface area contributed by atoms with E-state index in [-0.39, 0.29) is 0 Å². The molecule has 4 heteroatoms. The highest BCUT2D eigenvalue weighted by atomic mass is 16.9. The summed E-state index contributed by atoms with van der Waals surface area (Å²) in [6.07, 6.45) is 0. The van der Waals surface area contributed by atoms with Crippen LogP contribution in [0.5, 0.6) is 0 Å². The number of carbonyl (C=O) groups excluding carboxylic acids is 1. The van der Waals surface area contributed by atoms with E-state index in [9.17, 15) is 4.79 Å². The average Bonchev–Trinajstić information content (AvgIpc) is 2.04. The van der Waals surface area contributed by atoms with Gasteiger partial charge in [0.15, 0.2) is 5.60 Å². The SMILES string of the molecule is CO[C@]1(C)OC(=O)C(C)(C)O1. The molecule has 1 rings (SSSR count). The molecule has 0 unspecified atom stereocenters. The fraction of sp³-hybridized carbons (Fsp3) is 0.857. The van der Waals surface area contributed by atoms with Crippen LogP contribution < -0.4 is 0 Å². The second-order valence-corrected chi connectivity index (χ2v) is 3.07. The highest BCUT2D eigenvalue weighted by Crippen LogP contribution is 2.31. The highest BCUT2D eigenvalue weighted by Gasteiger charge is 2.50. The summed E-state index contributed by atoms with van der Waals surface area (Å²) in [6, 6.07) is 0. The number of esters is 1. The average molecular weight is 160 g/mol. The second kappa shape index (κ2) is 2.19. The van der Waals surface area contributed by atoms with Crippen LogP contribution in [-0.2, 0) is 19.0 Å². The Morgan fingerprint density at radius 1 is 1.36 bits per heavy atom. The zero-order valence-electron chi connectivity index (χ0n) is 7.13. The van der Waals surface area contributed by atoms with Gasteiger partial charge in [-0.2, -0.15) is 0 Å². The first-order valence-electron chi connectivity index (χ1n) is 3.38. The van der Waals surface area contributed by atoms with Crippen LogP contribution in [0.1, 0.15) is 20.8 Å². The number of methoxy groups -OCH3 is 1. The Morgan fingerprint density at radius 2 is 1.91 bits per heavy atom. The van der Waals surface area contributed by atoms with Crippen LogP contribution in [0.2, 0.25) is 0 Å². The molecule has 64 valence electrons. The Hall–Kier alpha value is -0.610. The molecule has 0 aromatic carbocycles. The first kappa shape index (κ1) is 8.49. The van der Waals surface area contributed by atoms with Crippen LogP contribution >= 0.6 is 0 Å². The van der Waals surface area contributed by atoms with Crippen molar-refractivity contribution in [3.8, 4) is 0 Å². The first-order chi connectivity index (χ1) is 4.90. The van der Waals surface area contributed by atoms with Crippen molar-refractivity contribution in [3.63, 3.8) is 0 Å². The largest absolute Gasteiger partial charge is 0.406 e. The van der Waals surface area contributed by atoms with E-state index in [1.807, 2.05) is 0 Å². The fourth-order valence-corrected chi connectivity index (χ4v) is 0.901. The van der Waals surface area contributed by atoms with Crippen molar-refractivity contribution in [2.75, 3.05) is 7.11 Å². The van der Waals surface area contributed by atoms with E-state index in [0.717, 1.165) is 0 Å². The van der Waals surface area contributed by atoms with Crippen LogP contribution in [-0.4, -0.2) is 24.7 Å². The summed E-state index contributed by atoms with van der Waals surface area (Å²) in [4.78, 5) is 11.0. The van der Waals surface area contributed by atoms with Gasteiger partial charge in [-0.15, -0.1) is 0 Å². The second-order valence-electron chi connectivity index (χ2n) is 3.07. The Morgan fingerprint density at radius 3 is 2.09 bits per heavy atom. The predicted molar refractivity (Wildman–Crippen MR) is 36.7 cm³/mol. The molecule has 1 atom stereocenters. The summed E-state index contributed by atoms with van der Waals surface area (Å²) in [7, 11) is 1.43. The molecule has 0 spiro atoms. The lowest BCUT2D eigenvalue weighted by molar-refractivity contribution is -0.317. The van der Waals surface area contributed by atoms with Crippen molar-refractivity contribution in [2.24, 2.45) is 0 Å². The molecule has 1 heterocycles. The van der Waals surface area contributed by atoms with Gasteiger partial charge in [0.05, 0.1) is 0 Å². The van der Waals surface area contributed by atoms with Gasteiger partial charge in [-0.1, -0.05) is 0 Å². The van der Waals surface area contributed by atoms with Crippen molar-refractivity contribution in [1.82, 2.24) is 0 Å². The zero-order valence-corrected chi connectivity index (χ0v) is 7.13. The molecule has 0 aromatic rings. The van der Waals surface area contributed by atoms with E-state index >= 15 is 0 Å². The fourth-order valence-electron chi connectivity index (χ4n) is 0.901. The molecular formula is C7H12O4. The maximum absolute atomic E-state index is 11.0. The molecule has 1 aliphatic rings. The van der Waals surface area contributed by atoms with Crippen LogP contribution in [0.15, 0.2) is 0 Å². The van der Waals surface area contributed by atoms with Gasteiger partial charge in [0.1, 0.15) is 0 Å². The minimum absolute atomic E-state index is 0.401. The molecule has 0 N–H and O–H groups in total. The van der Waals surface area contributed by atoms with Crippen LogP contribution in [0, 0.1) is 0 Å². The van der Waals surface area contributed by atoms with Gasteiger partial charge in [-0.25, -0.2) is 4.79 Å².